The van der Waals surface area contributed by atoms with Crippen molar-refractivity contribution >= 4 is 0 Å². The first-order chi connectivity index (χ1) is 6.83. The van der Waals surface area contributed by atoms with Crippen molar-refractivity contribution in [2.45, 2.75) is 78.1 Å². The Morgan fingerprint density at radius 3 is 1.13 bits per heavy atom. The van der Waals surface area contributed by atoms with E-state index in [4.69, 9.17) is 0 Å². The Balaban J connectivity index is -0.000000180. The summed E-state index contributed by atoms with van der Waals surface area (Å²) in [7, 11) is 0. The number of hydrogen-bond donors (Lipinski definition) is 0. The van der Waals surface area contributed by atoms with Gasteiger partial charge in [0.05, 0.1) is 0 Å². The van der Waals surface area contributed by atoms with Crippen molar-refractivity contribution in [1.82, 2.24) is 0 Å². The number of unbranched alkanes of at least 4 members (excludes halogenated alkanes) is 8. The molecule has 0 aliphatic rings. The van der Waals surface area contributed by atoms with Crippen molar-refractivity contribution in [1.29, 1.82) is 0 Å². The van der Waals surface area contributed by atoms with E-state index in [1.807, 2.05) is 0 Å². The van der Waals surface area contributed by atoms with E-state index in [1.54, 1.807) is 0 Å². The van der Waals surface area contributed by atoms with E-state index >= 15 is 0 Å². The first-order valence-corrected chi connectivity index (χ1v) is 6.41. The Bertz CT molecular complexity index is 53.7. The molecule has 0 spiro atoms. The fourth-order valence-corrected chi connectivity index (χ4v) is 1.21. The van der Waals surface area contributed by atoms with E-state index in [1.165, 1.54) is 51.4 Å². The number of rotatable bonds is 8. The molecule has 96 valence electrons. The van der Waals surface area contributed by atoms with Gasteiger partial charge in [0, 0.05) is 0 Å². The van der Waals surface area contributed by atoms with E-state index in [-0.39, 0.29) is 16.5 Å². The van der Waals surface area contributed by atoms with Crippen LogP contribution in [-0.2, 0) is 16.5 Å². The van der Waals surface area contributed by atoms with Gasteiger partial charge >= 0.3 is 16.5 Å². The first-order valence-electron chi connectivity index (χ1n) is 6.41. The van der Waals surface area contributed by atoms with E-state index in [2.05, 4.69) is 27.7 Å². The maximum atomic E-state index is 3.76. The summed E-state index contributed by atoms with van der Waals surface area (Å²) in [5, 5.41) is 0. The summed E-state index contributed by atoms with van der Waals surface area (Å²) in [6.45, 7) is 12.0. The van der Waals surface area contributed by atoms with E-state index in [9.17, 15) is 0 Å². The van der Waals surface area contributed by atoms with Gasteiger partial charge in [-0.05, 0) is 0 Å². The van der Waals surface area contributed by atoms with Crippen molar-refractivity contribution in [2.75, 3.05) is 0 Å². The van der Waals surface area contributed by atoms with E-state index in [0.717, 1.165) is 12.8 Å². The first kappa shape index (κ1) is 20.9. The van der Waals surface area contributed by atoms with Gasteiger partial charge in [0.1, 0.15) is 0 Å². The van der Waals surface area contributed by atoms with E-state index < -0.39 is 0 Å². The van der Waals surface area contributed by atoms with Crippen LogP contribution in [0.1, 0.15) is 78.1 Å². The molecule has 1 heteroatoms. The van der Waals surface area contributed by atoms with Crippen molar-refractivity contribution in [2.24, 2.45) is 0 Å². The molecule has 0 aliphatic carbocycles. The third kappa shape index (κ3) is 31.4. The third-order valence-electron chi connectivity index (χ3n) is 2.21. The molecule has 0 aromatic carbocycles. The van der Waals surface area contributed by atoms with E-state index in [0.29, 0.717) is 0 Å². The van der Waals surface area contributed by atoms with Crippen molar-refractivity contribution in [3.63, 3.8) is 0 Å². The molecule has 0 radical (unpaired) electrons. The van der Waals surface area contributed by atoms with Gasteiger partial charge in [0.25, 0.3) is 0 Å². The molecule has 0 bridgehead atoms. The minimum absolute atomic E-state index is 0. The molecule has 15 heavy (non-hydrogen) atoms. The molecule has 0 nitrogen and oxygen atoms in total. The fraction of sp³-hybridized carbons (Fsp3) is 0.857. The summed E-state index contributed by atoms with van der Waals surface area (Å²) in [5.74, 6) is 0. The van der Waals surface area contributed by atoms with Gasteiger partial charge in [0.2, 0.25) is 0 Å². The molecule has 0 heterocycles. The normalized spacial score (nSPS) is 8.80. The Morgan fingerprint density at radius 1 is 0.600 bits per heavy atom. The smallest absolute Gasteiger partial charge is 0.343 e. The van der Waals surface area contributed by atoms with Gasteiger partial charge in [-0.15, -0.1) is 0 Å². The van der Waals surface area contributed by atoms with Crippen LogP contribution in [0.15, 0.2) is 0 Å². The molecule has 0 rings (SSSR count). The minimum Gasteiger partial charge on any atom is -0.343 e. The van der Waals surface area contributed by atoms with Crippen LogP contribution in [0.5, 0.6) is 0 Å². The van der Waals surface area contributed by atoms with Crippen molar-refractivity contribution in [3.8, 4) is 0 Å². The Hall–Kier alpha value is 0.494. The molecule has 0 amide bonds. The van der Waals surface area contributed by atoms with Crippen molar-refractivity contribution < 1.29 is 16.5 Å². The molecular formula is C14H30Ni. The second kappa shape index (κ2) is 24.0. The van der Waals surface area contributed by atoms with Crippen LogP contribution >= 0.6 is 0 Å². The van der Waals surface area contributed by atoms with Gasteiger partial charge < -0.3 is 13.8 Å². The summed E-state index contributed by atoms with van der Waals surface area (Å²) < 4.78 is 0. The molecule has 0 aromatic heterocycles. The Kier molecular flexibility index (Phi) is 33.3. The van der Waals surface area contributed by atoms with Crippen LogP contribution in [-0.4, -0.2) is 0 Å². The third-order valence-corrected chi connectivity index (χ3v) is 2.21. The number of hydrogen-bond acceptors (Lipinski definition) is 0. The van der Waals surface area contributed by atoms with Gasteiger partial charge in [0.15, 0.2) is 0 Å². The van der Waals surface area contributed by atoms with Crippen LogP contribution in [0.2, 0.25) is 0 Å². The van der Waals surface area contributed by atoms with Crippen LogP contribution < -0.4 is 0 Å². The standard InChI is InChI=1S/2C7H15.Ni/c2*1-3-5-7-6-4-2;/h2*1,3-7H2,2H3;/q2*-1;+2. The maximum absolute atomic E-state index is 3.76. The fourth-order valence-electron chi connectivity index (χ4n) is 1.21. The van der Waals surface area contributed by atoms with Gasteiger partial charge in [-0.1, -0.05) is 65.2 Å². The average Bonchev–Trinajstić information content (AvgIpc) is 2.21. The SMILES string of the molecule is [CH2-]CCCCCC.[CH2-]CCCCCC.[Ni+2]. The van der Waals surface area contributed by atoms with Crippen LogP contribution in [0.3, 0.4) is 0 Å². The minimum atomic E-state index is 0. The van der Waals surface area contributed by atoms with Gasteiger partial charge in [-0.25, -0.2) is 0 Å². The molecule has 0 saturated heterocycles. The molecule has 0 unspecified atom stereocenters. The quantitative estimate of drug-likeness (QED) is 0.302. The van der Waals surface area contributed by atoms with Crippen LogP contribution in [0.4, 0.5) is 0 Å². The predicted octanol–water partition coefficient (Wildman–Crippen LogP) is 5.58. The second-order valence-corrected chi connectivity index (χ2v) is 3.83. The summed E-state index contributed by atoms with van der Waals surface area (Å²) >= 11 is 0. The molecular weight excluding hydrogens is 227 g/mol. The molecule has 0 atom stereocenters. The van der Waals surface area contributed by atoms with Crippen molar-refractivity contribution in [3.05, 3.63) is 13.8 Å². The predicted molar refractivity (Wildman–Crippen MR) is 68.2 cm³/mol. The zero-order valence-corrected chi connectivity index (χ0v) is 11.8. The second-order valence-electron chi connectivity index (χ2n) is 3.83. The molecule has 0 fully saturated rings. The molecule has 0 aromatic rings. The summed E-state index contributed by atoms with van der Waals surface area (Å²) in [6, 6.07) is 0. The Labute approximate surface area is 109 Å². The average molecular weight is 257 g/mol. The van der Waals surface area contributed by atoms with Crippen LogP contribution in [0.25, 0.3) is 0 Å². The maximum Gasteiger partial charge on any atom is 2.00 e. The molecule has 0 N–H and O–H groups in total. The summed E-state index contributed by atoms with van der Waals surface area (Å²) in [6.07, 6.45) is 13.0. The monoisotopic (exact) mass is 256 g/mol. The topological polar surface area (TPSA) is 0 Å². The Morgan fingerprint density at radius 2 is 0.933 bits per heavy atom. The summed E-state index contributed by atoms with van der Waals surface area (Å²) in [5.41, 5.74) is 0. The largest absolute Gasteiger partial charge is 2.00 e. The summed E-state index contributed by atoms with van der Waals surface area (Å²) in [4.78, 5) is 0. The zero-order valence-electron chi connectivity index (χ0n) is 10.8. The molecule has 0 aliphatic heterocycles. The zero-order chi connectivity index (χ0) is 11.1. The van der Waals surface area contributed by atoms with Gasteiger partial charge in [-0.2, -0.15) is 12.8 Å². The van der Waals surface area contributed by atoms with Crippen LogP contribution in [0, 0.1) is 13.8 Å². The van der Waals surface area contributed by atoms with Gasteiger partial charge in [-0.3, -0.25) is 0 Å². The molecule has 0 saturated carbocycles.